The number of nitrogens with one attached hydrogen (secondary N) is 2. The molecule has 0 bridgehead atoms. The van der Waals surface area contributed by atoms with Gasteiger partial charge in [0.2, 0.25) is 15.9 Å². The summed E-state index contributed by atoms with van der Waals surface area (Å²) in [7, 11) is -4.27. The van der Waals surface area contributed by atoms with Crippen LogP contribution in [0.15, 0.2) is 53.4 Å². The van der Waals surface area contributed by atoms with Crippen molar-refractivity contribution in [3.05, 3.63) is 65.2 Å². The molecule has 0 radical (unpaired) electrons. The predicted molar refractivity (Wildman–Crippen MR) is 114 cm³/mol. The Balaban J connectivity index is 1.55. The van der Waals surface area contributed by atoms with Crippen LogP contribution in [-0.2, 0) is 34.1 Å². The van der Waals surface area contributed by atoms with Crippen molar-refractivity contribution in [3.63, 3.8) is 0 Å². The first kappa shape index (κ1) is 24.2. The Morgan fingerprint density at radius 2 is 1.66 bits per heavy atom. The number of nitrogens with zero attached hydrogens (tertiary/aromatic N) is 1. The Morgan fingerprint density at radius 1 is 0.969 bits per heavy atom. The van der Waals surface area contributed by atoms with Crippen LogP contribution in [0.3, 0.4) is 0 Å². The summed E-state index contributed by atoms with van der Waals surface area (Å²) in [5, 5.41) is 2.67. The fraction of sp³-hybridized carbons (Fsp3) is 0.409. The maximum Gasteiger partial charge on any atom is 0.416 e. The first-order valence-electron chi connectivity index (χ1n) is 10.4. The third kappa shape index (κ3) is 6.78. The molecule has 174 valence electrons. The number of carbonyl (C=O) groups is 1. The van der Waals surface area contributed by atoms with Crippen LogP contribution >= 0.6 is 0 Å². The van der Waals surface area contributed by atoms with Gasteiger partial charge in [-0.05, 0) is 55.3 Å². The molecule has 1 saturated heterocycles. The van der Waals surface area contributed by atoms with E-state index >= 15 is 0 Å². The first-order valence-corrected chi connectivity index (χ1v) is 11.9. The zero-order chi connectivity index (χ0) is 23.2. The second-order valence-electron chi connectivity index (χ2n) is 7.73. The normalized spacial score (nSPS) is 15.5. The molecule has 2 N–H and O–H groups in total. The Kier molecular flexibility index (Phi) is 7.91. The van der Waals surface area contributed by atoms with Gasteiger partial charge < -0.3 is 5.32 Å². The second-order valence-corrected chi connectivity index (χ2v) is 9.50. The SMILES string of the molecule is O=C(CNS(=O)(=O)c1cccc(C(F)(F)F)c1)NCc1ccccc1CN1CCCCC1. The van der Waals surface area contributed by atoms with Crippen LogP contribution in [0.25, 0.3) is 0 Å². The van der Waals surface area contributed by atoms with Gasteiger partial charge in [-0.2, -0.15) is 13.2 Å². The summed E-state index contributed by atoms with van der Waals surface area (Å²) in [6.45, 7) is 2.52. The molecule has 6 nitrogen and oxygen atoms in total. The molecule has 2 aromatic carbocycles. The van der Waals surface area contributed by atoms with Crippen molar-refractivity contribution in [3.8, 4) is 0 Å². The number of hydrogen-bond acceptors (Lipinski definition) is 4. The smallest absolute Gasteiger partial charge is 0.351 e. The number of rotatable bonds is 8. The van der Waals surface area contributed by atoms with E-state index in [2.05, 4.69) is 14.9 Å². The molecule has 32 heavy (non-hydrogen) atoms. The molecule has 1 aliphatic heterocycles. The summed E-state index contributed by atoms with van der Waals surface area (Å²) in [5.74, 6) is -0.576. The highest BCUT2D eigenvalue weighted by molar-refractivity contribution is 7.89. The molecule has 0 spiro atoms. The highest BCUT2D eigenvalue weighted by Gasteiger charge is 2.31. The average molecular weight is 470 g/mol. The van der Waals surface area contributed by atoms with E-state index in [9.17, 15) is 26.4 Å². The van der Waals surface area contributed by atoms with Crippen molar-refractivity contribution in [2.24, 2.45) is 0 Å². The van der Waals surface area contributed by atoms with Gasteiger partial charge in [0.15, 0.2) is 0 Å². The van der Waals surface area contributed by atoms with E-state index in [4.69, 9.17) is 0 Å². The zero-order valence-electron chi connectivity index (χ0n) is 17.5. The van der Waals surface area contributed by atoms with Crippen molar-refractivity contribution in [1.82, 2.24) is 14.9 Å². The van der Waals surface area contributed by atoms with Gasteiger partial charge in [-0.3, -0.25) is 9.69 Å². The fourth-order valence-electron chi connectivity index (χ4n) is 3.58. The lowest BCUT2D eigenvalue weighted by atomic mass is 10.0. The number of benzene rings is 2. The molecule has 0 aromatic heterocycles. The average Bonchev–Trinajstić information content (AvgIpc) is 2.77. The number of carbonyl (C=O) groups excluding carboxylic acids is 1. The van der Waals surface area contributed by atoms with Crippen molar-refractivity contribution in [1.29, 1.82) is 0 Å². The van der Waals surface area contributed by atoms with Crippen LogP contribution in [-0.4, -0.2) is 38.9 Å². The summed E-state index contributed by atoms with van der Waals surface area (Å²) >= 11 is 0. The molecule has 2 aromatic rings. The lowest BCUT2D eigenvalue weighted by molar-refractivity contribution is -0.137. The van der Waals surface area contributed by atoms with E-state index < -0.39 is 39.1 Å². The number of alkyl halides is 3. The van der Waals surface area contributed by atoms with E-state index in [1.165, 1.54) is 19.3 Å². The topological polar surface area (TPSA) is 78.5 Å². The number of piperidine rings is 1. The van der Waals surface area contributed by atoms with Crippen molar-refractivity contribution in [2.75, 3.05) is 19.6 Å². The third-order valence-electron chi connectivity index (χ3n) is 5.33. The summed E-state index contributed by atoms with van der Waals surface area (Å²) in [5.41, 5.74) is 0.960. The number of halogens is 3. The van der Waals surface area contributed by atoms with Crippen LogP contribution in [0.1, 0.15) is 36.0 Å². The summed E-state index contributed by atoms with van der Waals surface area (Å²) in [6.07, 6.45) is -1.08. The first-order chi connectivity index (χ1) is 15.1. The maximum absolute atomic E-state index is 12.8. The molecule has 0 unspecified atom stereocenters. The van der Waals surface area contributed by atoms with Gasteiger partial charge in [0.25, 0.3) is 0 Å². The predicted octanol–water partition coefficient (Wildman–Crippen LogP) is 3.29. The molecule has 1 fully saturated rings. The Morgan fingerprint density at radius 3 is 2.34 bits per heavy atom. The van der Waals surface area contributed by atoms with E-state index in [1.54, 1.807) is 0 Å². The number of likely N-dealkylation sites (tertiary alicyclic amines) is 1. The summed E-state index contributed by atoms with van der Waals surface area (Å²) in [6, 6.07) is 11.1. The van der Waals surface area contributed by atoms with Crippen molar-refractivity contribution < 1.29 is 26.4 Å². The Labute approximate surface area is 185 Å². The van der Waals surface area contributed by atoms with Crippen LogP contribution in [0.5, 0.6) is 0 Å². The van der Waals surface area contributed by atoms with Crippen LogP contribution in [0.4, 0.5) is 13.2 Å². The van der Waals surface area contributed by atoms with Crippen LogP contribution in [0, 0.1) is 0 Å². The Hall–Kier alpha value is -2.43. The highest BCUT2D eigenvalue weighted by Crippen LogP contribution is 2.30. The van der Waals surface area contributed by atoms with Gasteiger partial charge in [-0.1, -0.05) is 36.8 Å². The van der Waals surface area contributed by atoms with Gasteiger partial charge in [-0.25, -0.2) is 13.1 Å². The van der Waals surface area contributed by atoms with Crippen molar-refractivity contribution in [2.45, 2.75) is 43.4 Å². The molecular weight excluding hydrogens is 443 g/mol. The second kappa shape index (κ2) is 10.5. The van der Waals surface area contributed by atoms with Gasteiger partial charge >= 0.3 is 6.18 Å². The summed E-state index contributed by atoms with van der Waals surface area (Å²) in [4.78, 5) is 14.0. The van der Waals surface area contributed by atoms with E-state index in [0.29, 0.717) is 6.07 Å². The third-order valence-corrected chi connectivity index (χ3v) is 6.73. The van der Waals surface area contributed by atoms with E-state index in [0.717, 1.165) is 49.0 Å². The van der Waals surface area contributed by atoms with Crippen LogP contribution in [0.2, 0.25) is 0 Å². The van der Waals surface area contributed by atoms with Gasteiger partial charge in [0, 0.05) is 13.1 Å². The monoisotopic (exact) mass is 469 g/mol. The molecule has 10 heteroatoms. The fourth-order valence-corrected chi connectivity index (χ4v) is 4.61. The lowest BCUT2D eigenvalue weighted by Gasteiger charge is -2.27. The number of sulfonamides is 1. The highest BCUT2D eigenvalue weighted by atomic mass is 32.2. The van der Waals surface area contributed by atoms with Gasteiger partial charge in [0.1, 0.15) is 0 Å². The van der Waals surface area contributed by atoms with E-state index in [-0.39, 0.29) is 6.54 Å². The van der Waals surface area contributed by atoms with Crippen molar-refractivity contribution >= 4 is 15.9 Å². The molecule has 1 aliphatic rings. The molecule has 0 saturated carbocycles. The minimum atomic E-state index is -4.66. The van der Waals surface area contributed by atoms with E-state index in [1.807, 2.05) is 24.3 Å². The van der Waals surface area contributed by atoms with Crippen LogP contribution < -0.4 is 10.0 Å². The molecule has 0 aliphatic carbocycles. The molecule has 1 amide bonds. The maximum atomic E-state index is 12.8. The minimum absolute atomic E-state index is 0.230. The molecule has 3 rings (SSSR count). The quantitative estimate of drug-likeness (QED) is 0.622. The largest absolute Gasteiger partial charge is 0.416 e. The number of hydrogen-bond donors (Lipinski definition) is 2. The summed E-state index contributed by atoms with van der Waals surface area (Å²) < 4.78 is 65.1. The van der Waals surface area contributed by atoms with Gasteiger partial charge in [0.05, 0.1) is 17.0 Å². The van der Waals surface area contributed by atoms with Gasteiger partial charge in [-0.15, -0.1) is 0 Å². The lowest BCUT2D eigenvalue weighted by Crippen LogP contribution is -2.37. The molecule has 1 heterocycles. The minimum Gasteiger partial charge on any atom is -0.351 e. The molecular formula is C22H26F3N3O3S. The number of amides is 1. The zero-order valence-corrected chi connectivity index (χ0v) is 18.3. The molecule has 0 atom stereocenters. The standard InChI is InChI=1S/C22H26F3N3O3S/c23-22(24,25)19-9-6-10-20(13-19)32(30,31)27-15-21(29)26-14-17-7-2-3-8-18(17)16-28-11-4-1-5-12-28/h2-3,6-10,13,27H,1,4-5,11-12,14-16H2,(H,26,29). The Bertz CT molecular complexity index is 1040.